The zero-order chi connectivity index (χ0) is 23.1. The summed E-state index contributed by atoms with van der Waals surface area (Å²) in [5.74, 6) is -0.134. The first-order valence-electron chi connectivity index (χ1n) is 9.85. The van der Waals surface area contributed by atoms with Crippen molar-refractivity contribution in [2.45, 2.75) is 0 Å². The normalized spacial score (nSPS) is 11.1. The molecule has 3 aromatic carbocycles. The standard InChI is InChI=1S/C25H15Cl2NO4S/c1-31-15-9-6-13(7-10-15)22(29)23-21(16-4-2-3-5-18(16)32-23)28-25(30)24-20(27)17-11-8-14(26)12-19(17)33-24/h2-12H,1H3,(H,28,30). The molecule has 2 heterocycles. The fraction of sp³-hybridized carbons (Fsp3) is 0.0400. The van der Waals surface area contributed by atoms with Crippen LogP contribution in [0.1, 0.15) is 25.8 Å². The Morgan fingerprint density at radius 2 is 1.73 bits per heavy atom. The van der Waals surface area contributed by atoms with Crippen molar-refractivity contribution in [3.63, 3.8) is 0 Å². The van der Waals surface area contributed by atoms with E-state index in [-0.39, 0.29) is 11.5 Å². The summed E-state index contributed by atoms with van der Waals surface area (Å²) in [6, 6.07) is 19.1. The summed E-state index contributed by atoms with van der Waals surface area (Å²) in [4.78, 5) is 26.8. The molecule has 1 amide bonds. The number of fused-ring (bicyclic) bond motifs is 2. The number of para-hydroxylation sites is 1. The number of thiophene rings is 1. The fourth-order valence-corrected chi connectivity index (χ4v) is 5.25. The van der Waals surface area contributed by atoms with E-state index in [1.165, 1.54) is 11.3 Å². The second-order valence-corrected chi connectivity index (χ2v) is 9.07. The Balaban J connectivity index is 1.57. The molecule has 8 heteroatoms. The number of hydrogen-bond acceptors (Lipinski definition) is 5. The van der Waals surface area contributed by atoms with Crippen molar-refractivity contribution in [3.05, 3.63) is 93.0 Å². The highest BCUT2D eigenvalue weighted by Gasteiger charge is 2.25. The molecule has 1 N–H and O–H groups in total. The lowest BCUT2D eigenvalue weighted by molar-refractivity contribution is 0.101. The first-order chi connectivity index (χ1) is 16.0. The molecule has 0 fully saturated rings. The number of rotatable bonds is 5. The molecular weight excluding hydrogens is 481 g/mol. The molecule has 33 heavy (non-hydrogen) atoms. The summed E-state index contributed by atoms with van der Waals surface area (Å²) in [5.41, 5.74) is 1.18. The predicted octanol–water partition coefficient (Wildman–Crippen LogP) is 7.45. The number of amides is 1. The Hall–Kier alpha value is -3.32. The molecule has 0 aliphatic carbocycles. The molecule has 5 aromatic rings. The number of carbonyl (C=O) groups excluding carboxylic acids is 2. The molecule has 5 rings (SSSR count). The van der Waals surface area contributed by atoms with E-state index in [0.717, 1.165) is 10.1 Å². The van der Waals surface area contributed by atoms with Gasteiger partial charge in [0, 0.05) is 26.1 Å². The third-order valence-electron chi connectivity index (χ3n) is 5.19. The lowest BCUT2D eigenvalue weighted by Gasteiger charge is -2.06. The Morgan fingerprint density at radius 3 is 2.48 bits per heavy atom. The van der Waals surface area contributed by atoms with Gasteiger partial charge in [-0.15, -0.1) is 11.3 Å². The molecule has 0 atom stereocenters. The van der Waals surface area contributed by atoms with Gasteiger partial charge in [0.1, 0.15) is 16.2 Å². The minimum Gasteiger partial charge on any atom is -0.497 e. The van der Waals surface area contributed by atoms with Gasteiger partial charge in [-0.1, -0.05) is 41.4 Å². The molecule has 0 aliphatic heterocycles. The van der Waals surface area contributed by atoms with Gasteiger partial charge in [-0.3, -0.25) is 9.59 Å². The van der Waals surface area contributed by atoms with Gasteiger partial charge in [0.2, 0.25) is 5.78 Å². The number of methoxy groups -OCH3 is 1. The molecule has 164 valence electrons. The molecule has 0 aliphatic rings. The third kappa shape index (κ3) is 3.86. The van der Waals surface area contributed by atoms with Crippen LogP contribution >= 0.6 is 34.5 Å². The van der Waals surface area contributed by atoms with Gasteiger partial charge >= 0.3 is 0 Å². The van der Waals surface area contributed by atoms with E-state index >= 15 is 0 Å². The Kier molecular flexibility index (Phi) is 5.58. The zero-order valence-corrected chi connectivity index (χ0v) is 19.5. The van der Waals surface area contributed by atoms with Crippen LogP contribution in [0.4, 0.5) is 5.69 Å². The number of ketones is 1. The van der Waals surface area contributed by atoms with Crippen LogP contribution in [0.25, 0.3) is 21.1 Å². The molecule has 0 spiro atoms. The average Bonchev–Trinajstić information content (AvgIpc) is 3.36. The number of nitrogens with one attached hydrogen (secondary N) is 1. The number of furan rings is 1. The molecule has 2 aromatic heterocycles. The van der Waals surface area contributed by atoms with Gasteiger partial charge in [0.05, 0.1) is 17.8 Å². The molecule has 0 radical (unpaired) electrons. The van der Waals surface area contributed by atoms with E-state index in [0.29, 0.717) is 42.9 Å². The monoisotopic (exact) mass is 495 g/mol. The quantitative estimate of drug-likeness (QED) is 0.257. The summed E-state index contributed by atoms with van der Waals surface area (Å²) < 4.78 is 11.8. The SMILES string of the molecule is COc1ccc(C(=O)c2oc3ccccc3c2NC(=O)c2sc3cc(Cl)ccc3c2Cl)cc1. The van der Waals surface area contributed by atoms with Crippen LogP contribution in [0.2, 0.25) is 10.0 Å². The minimum atomic E-state index is -0.437. The summed E-state index contributed by atoms with van der Waals surface area (Å²) in [6.07, 6.45) is 0. The maximum Gasteiger partial charge on any atom is 0.267 e. The van der Waals surface area contributed by atoms with Gasteiger partial charge in [-0.25, -0.2) is 0 Å². The summed E-state index contributed by atoms with van der Waals surface area (Å²) in [5, 5.41) is 5.10. The summed E-state index contributed by atoms with van der Waals surface area (Å²) >= 11 is 13.8. The Bertz CT molecular complexity index is 1540. The van der Waals surface area contributed by atoms with E-state index in [2.05, 4.69) is 5.32 Å². The number of anilines is 1. The van der Waals surface area contributed by atoms with Crippen molar-refractivity contribution in [3.8, 4) is 5.75 Å². The first kappa shape index (κ1) is 21.5. The summed E-state index contributed by atoms with van der Waals surface area (Å²) in [7, 11) is 1.55. The topological polar surface area (TPSA) is 68.5 Å². The smallest absolute Gasteiger partial charge is 0.267 e. The number of hydrogen-bond donors (Lipinski definition) is 1. The van der Waals surface area contributed by atoms with Gasteiger partial charge in [0.25, 0.3) is 5.91 Å². The van der Waals surface area contributed by atoms with Crippen LogP contribution in [0, 0.1) is 0 Å². The lowest BCUT2D eigenvalue weighted by Crippen LogP contribution is -2.13. The van der Waals surface area contributed by atoms with Crippen LogP contribution in [0.5, 0.6) is 5.75 Å². The van der Waals surface area contributed by atoms with E-state index in [9.17, 15) is 9.59 Å². The van der Waals surface area contributed by atoms with Crippen LogP contribution < -0.4 is 10.1 Å². The maximum absolute atomic E-state index is 13.3. The summed E-state index contributed by atoms with van der Waals surface area (Å²) in [6.45, 7) is 0. The van der Waals surface area contributed by atoms with Crippen LogP contribution in [0.3, 0.4) is 0 Å². The molecule has 0 saturated carbocycles. The van der Waals surface area contributed by atoms with E-state index in [4.69, 9.17) is 32.4 Å². The largest absolute Gasteiger partial charge is 0.497 e. The Morgan fingerprint density at radius 1 is 0.970 bits per heavy atom. The van der Waals surface area contributed by atoms with E-state index in [1.807, 2.05) is 6.07 Å². The molecular formula is C25H15Cl2NO4S. The Labute approximate surface area is 202 Å². The predicted molar refractivity (Wildman–Crippen MR) is 132 cm³/mol. The van der Waals surface area contributed by atoms with Crippen LogP contribution in [0.15, 0.2) is 71.1 Å². The van der Waals surface area contributed by atoms with Crippen molar-refractivity contribution < 1.29 is 18.7 Å². The number of ether oxygens (including phenoxy) is 1. The number of carbonyl (C=O) groups is 2. The minimum absolute atomic E-state index is 0.0370. The second kappa shape index (κ2) is 8.56. The maximum atomic E-state index is 13.3. The van der Waals surface area contributed by atoms with Crippen LogP contribution in [-0.2, 0) is 0 Å². The first-order valence-corrected chi connectivity index (χ1v) is 11.4. The van der Waals surface area contributed by atoms with Crippen molar-refractivity contribution >= 4 is 73.0 Å². The average molecular weight is 496 g/mol. The van der Waals surface area contributed by atoms with Crippen LogP contribution in [-0.4, -0.2) is 18.8 Å². The van der Waals surface area contributed by atoms with E-state index < -0.39 is 5.91 Å². The van der Waals surface area contributed by atoms with Crippen molar-refractivity contribution in [1.29, 1.82) is 0 Å². The number of benzene rings is 3. The van der Waals surface area contributed by atoms with Gasteiger partial charge in [-0.2, -0.15) is 0 Å². The van der Waals surface area contributed by atoms with Crippen molar-refractivity contribution in [2.24, 2.45) is 0 Å². The second-order valence-electron chi connectivity index (χ2n) is 7.20. The van der Waals surface area contributed by atoms with Gasteiger partial charge < -0.3 is 14.5 Å². The molecule has 0 unspecified atom stereocenters. The number of halogens is 2. The van der Waals surface area contributed by atoms with Gasteiger partial charge in [-0.05, 0) is 48.5 Å². The highest BCUT2D eigenvalue weighted by molar-refractivity contribution is 7.21. The van der Waals surface area contributed by atoms with Crippen molar-refractivity contribution in [1.82, 2.24) is 0 Å². The molecule has 0 bridgehead atoms. The molecule has 5 nitrogen and oxygen atoms in total. The third-order valence-corrected chi connectivity index (χ3v) is 7.08. The van der Waals surface area contributed by atoms with Crippen molar-refractivity contribution in [2.75, 3.05) is 12.4 Å². The fourth-order valence-electron chi connectivity index (χ4n) is 3.56. The van der Waals surface area contributed by atoms with E-state index in [1.54, 1.807) is 67.8 Å². The van der Waals surface area contributed by atoms with Gasteiger partial charge in [0.15, 0.2) is 5.76 Å². The zero-order valence-electron chi connectivity index (χ0n) is 17.1. The lowest BCUT2D eigenvalue weighted by atomic mass is 10.1. The highest BCUT2D eigenvalue weighted by atomic mass is 35.5. The highest BCUT2D eigenvalue weighted by Crippen LogP contribution is 2.38. The molecule has 0 saturated heterocycles.